The number of pyridine rings is 1. The molecule has 1 amide bonds. The standard InChI is InChI=1S/C16H13Cl2N3O/c1-9-7-11(17)3-4-13(9)20-16(22)15-10(2)19-14-8-12(18)5-6-21(14)15/h3-8H,1-2H3,(H,20,22). The number of rotatable bonds is 2. The molecule has 3 rings (SSSR count). The number of hydrogen-bond acceptors (Lipinski definition) is 2. The van der Waals surface area contributed by atoms with Crippen molar-refractivity contribution in [3.05, 3.63) is 63.5 Å². The van der Waals surface area contributed by atoms with E-state index in [0.717, 1.165) is 11.3 Å². The van der Waals surface area contributed by atoms with Crippen molar-refractivity contribution in [1.29, 1.82) is 0 Å². The second kappa shape index (κ2) is 5.63. The Morgan fingerprint density at radius 3 is 2.59 bits per heavy atom. The normalized spacial score (nSPS) is 10.9. The van der Waals surface area contributed by atoms with E-state index in [4.69, 9.17) is 23.2 Å². The summed E-state index contributed by atoms with van der Waals surface area (Å²) in [5.41, 5.74) is 3.39. The van der Waals surface area contributed by atoms with Crippen molar-refractivity contribution < 1.29 is 4.79 Å². The molecule has 0 bridgehead atoms. The molecule has 0 unspecified atom stereocenters. The van der Waals surface area contributed by atoms with Crippen LogP contribution in [0.2, 0.25) is 10.0 Å². The van der Waals surface area contributed by atoms with Crippen LogP contribution in [0.25, 0.3) is 5.65 Å². The van der Waals surface area contributed by atoms with E-state index in [1.807, 2.05) is 6.92 Å². The molecule has 0 radical (unpaired) electrons. The summed E-state index contributed by atoms with van der Waals surface area (Å²) >= 11 is 11.9. The summed E-state index contributed by atoms with van der Waals surface area (Å²) in [5.74, 6) is -0.224. The minimum atomic E-state index is -0.224. The zero-order valence-electron chi connectivity index (χ0n) is 12.0. The van der Waals surface area contributed by atoms with Crippen molar-refractivity contribution in [3.8, 4) is 0 Å². The SMILES string of the molecule is Cc1cc(Cl)ccc1NC(=O)c1c(C)nc2cc(Cl)ccn12. The number of fused-ring (bicyclic) bond motifs is 1. The van der Waals surface area contributed by atoms with E-state index in [1.165, 1.54) is 0 Å². The Balaban J connectivity index is 2.00. The Morgan fingerprint density at radius 1 is 1.14 bits per heavy atom. The maximum atomic E-state index is 12.6. The first-order valence-corrected chi connectivity index (χ1v) is 7.43. The fraction of sp³-hybridized carbons (Fsp3) is 0.125. The van der Waals surface area contributed by atoms with Crippen LogP contribution in [0, 0.1) is 13.8 Å². The molecule has 1 N–H and O–H groups in total. The van der Waals surface area contributed by atoms with Crippen molar-refractivity contribution in [1.82, 2.24) is 9.38 Å². The van der Waals surface area contributed by atoms with Crippen molar-refractivity contribution in [2.45, 2.75) is 13.8 Å². The third-order valence-electron chi connectivity index (χ3n) is 3.41. The summed E-state index contributed by atoms with van der Waals surface area (Å²) in [6.45, 7) is 3.69. The summed E-state index contributed by atoms with van der Waals surface area (Å²) in [7, 11) is 0. The fourth-order valence-corrected chi connectivity index (χ4v) is 2.74. The summed E-state index contributed by atoms with van der Waals surface area (Å²) < 4.78 is 1.72. The van der Waals surface area contributed by atoms with Gasteiger partial charge in [0.25, 0.3) is 5.91 Å². The first-order valence-electron chi connectivity index (χ1n) is 6.67. The van der Waals surface area contributed by atoms with Gasteiger partial charge in [-0.3, -0.25) is 9.20 Å². The number of aromatic nitrogens is 2. The molecule has 0 atom stereocenters. The average Bonchev–Trinajstić information content (AvgIpc) is 2.76. The number of carbonyl (C=O) groups is 1. The van der Waals surface area contributed by atoms with E-state index in [0.29, 0.717) is 27.1 Å². The number of halogens is 2. The number of benzene rings is 1. The number of nitrogens with zero attached hydrogens (tertiary/aromatic N) is 2. The summed E-state index contributed by atoms with van der Waals surface area (Å²) in [6.07, 6.45) is 1.74. The minimum Gasteiger partial charge on any atom is -0.320 e. The zero-order valence-corrected chi connectivity index (χ0v) is 13.5. The Bertz CT molecular complexity index is 886. The van der Waals surface area contributed by atoms with Crippen LogP contribution in [-0.4, -0.2) is 15.3 Å². The molecule has 0 aliphatic rings. The molecular formula is C16H13Cl2N3O. The van der Waals surface area contributed by atoms with Gasteiger partial charge in [-0.25, -0.2) is 4.98 Å². The van der Waals surface area contributed by atoms with E-state index >= 15 is 0 Å². The molecule has 2 heterocycles. The lowest BCUT2D eigenvalue weighted by Gasteiger charge is -2.09. The molecule has 2 aromatic heterocycles. The lowest BCUT2D eigenvalue weighted by Crippen LogP contribution is -2.16. The third kappa shape index (κ3) is 2.67. The summed E-state index contributed by atoms with van der Waals surface area (Å²) in [5, 5.41) is 4.11. The van der Waals surface area contributed by atoms with Crippen LogP contribution in [-0.2, 0) is 0 Å². The van der Waals surface area contributed by atoms with Crippen molar-refractivity contribution >= 4 is 40.4 Å². The van der Waals surface area contributed by atoms with Gasteiger partial charge in [-0.15, -0.1) is 0 Å². The van der Waals surface area contributed by atoms with Gasteiger partial charge in [0.1, 0.15) is 11.3 Å². The van der Waals surface area contributed by atoms with Gasteiger partial charge in [-0.2, -0.15) is 0 Å². The number of amides is 1. The molecule has 0 saturated heterocycles. The topological polar surface area (TPSA) is 46.4 Å². The Hall–Kier alpha value is -2.04. The molecule has 0 saturated carbocycles. The zero-order chi connectivity index (χ0) is 15.9. The molecule has 0 spiro atoms. The van der Waals surface area contributed by atoms with E-state index < -0.39 is 0 Å². The maximum absolute atomic E-state index is 12.6. The number of carbonyl (C=O) groups excluding carboxylic acids is 1. The molecule has 0 aliphatic heterocycles. The first-order chi connectivity index (χ1) is 10.5. The molecule has 0 fully saturated rings. The summed E-state index contributed by atoms with van der Waals surface area (Å²) in [6, 6.07) is 8.77. The number of imidazole rings is 1. The highest BCUT2D eigenvalue weighted by atomic mass is 35.5. The largest absolute Gasteiger partial charge is 0.320 e. The number of hydrogen-bond donors (Lipinski definition) is 1. The lowest BCUT2D eigenvalue weighted by molar-refractivity contribution is 0.102. The van der Waals surface area contributed by atoms with Gasteiger partial charge in [-0.05, 0) is 43.7 Å². The van der Waals surface area contributed by atoms with Crippen LogP contribution in [0.5, 0.6) is 0 Å². The van der Waals surface area contributed by atoms with Crippen LogP contribution in [0.4, 0.5) is 5.69 Å². The van der Waals surface area contributed by atoms with E-state index in [1.54, 1.807) is 47.9 Å². The molecule has 22 heavy (non-hydrogen) atoms. The van der Waals surface area contributed by atoms with Crippen LogP contribution in [0.3, 0.4) is 0 Å². The van der Waals surface area contributed by atoms with E-state index in [-0.39, 0.29) is 5.91 Å². The number of anilines is 1. The van der Waals surface area contributed by atoms with Gasteiger partial charge in [0.2, 0.25) is 0 Å². The van der Waals surface area contributed by atoms with Gasteiger partial charge in [0.05, 0.1) is 5.69 Å². The molecule has 1 aromatic carbocycles. The van der Waals surface area contributed by atoms with Crippen molar-refractivity contribution in [2.75, 3.05) is 5.32 Å². The fourth-order valence-electron chi connectivity index (χ4n) is 2.36. The van der Waals surface area contributed by atoms with Gasteiger partial charge in [-0.1, -0.05) is 23.2 Å². The monoisotopic (exact) mass is 333 g/mol. The quantitative estimate of drug-likeness (QED) is 0.749. The van der Waals surface area contributed by atoms with Crippen LogP contribution in [0.15, 0.2) is 36.5 Å². The Labute approximate surface area is 137 Å². The highest BCUT2D eigenvalue weighted by molar-refractivity contribution is 6.31. The number of nitrogens with one attached hydrogen (secondary N) is 1. The van der Waals surface area contributed by atoms with Gasteiger partial charge in [0.15, 0.2) is 0 Å². The van der Waals surface area contributed by atoms with Crippen LogP contribution < -0.4 is 5.32 Å². The molecular weight excluding hydrogens is 321 g/mol. The van der Waals surface area contributed by atoms with Gasteiger partial charge >= 0.3 is 0 Å². The maximum Gasteiger partial charge on any atom is 0.274 e. The van der Waals surface area contributed by atoms with Crippen LogP contribution >= 0.6 is 23.2 Å². The van der Waals surface area contributed by atoms with Crippen LogP contribution in [0.1, 0.15) is 21.7 Å². The first kappa shape index (κ1) is 14.9. The van der Waals surface area contributed by atoms with E-state index in [2.05, 4.69) is 10.3 Å². The van der Waals surface area contributed by atoms with Crippen molar-refractivity contribution in [3.63, 3.8) is 0 Å². The third-order valence-corrected chi connectivity index (χ3v) is 3.88. The highest BCUT2D eigenvalue weighted by Gasteiger charge is 2.17. The molecule has 112 valence electrons. The predicted octanol–water partition coefficient (Wildman–Crippen LogP) is 4.51. The number of aryl methyl sites for hydroxylation is 2. The Morgan fingerprint density at radius 2 is 1.86 bits per heavy atom. The molecule has 6 heteroatoms. The predicted molar refractivity (Wildman–Crippen MR) is 89.1 cm³/mol. The Kier molecular flexibility index (Phi) is 3.81. The van der Waals surface area contributed by atoms with E-state index in [9.17, 15) is 4.79 Å². The molecule has 3 aromatic rings. The molecule has 0 aliphatic carbocycles. The minimum absolute atomic E-state index is 0.224. The van der Waals surface area contributed by atoms with Gasteiger partial charge < -0.3 is 5.32 Å². The molecule has 4 nitrogen and oxygen atoms in total. The second-order valence-electron chi connectivity index (χ2n) is 5.03. The summed E-state index contributed by atoms with van der Waals surface area (Å²) in [4.78, 5) is 17.0. The second-order valence-corrected chi connectivity index (χ2v) is 5.91. The van der Waals surface area contributed by atoms with Crippen molar-refractivity contribution in [2.24, 2.45) is 0 Å². The highest BCUT2D eigenvalue weighted by Crippen LogP contribution is 2.22. The lowest BCUT2D eigenvalue weighted by atomic mass is 10.2. The average molecular weight is 334 g/mol. The van der Waals surface area contributed by atoms with Gasteiger partial charge in [0, 0.05) is 28.0 Å². The smallest absolute Gasteiger partial charge is 0.274 e.